The molecule has 1 aromatic rings. The number of hydrogen-bond donors (Lipinski definition) is 2. The van der Waals surface area contributed by atoms with Crippen LogP contribution in [0.2, 0.25) is 0 Å². The van der Waals surface area contributed by atoms with Gasteiger partial charge >= 0.3 is 0 Å². The largest absolute Gasteiger partial charge is 0.324 e. The summed E-state index contributed by atoms with van der Waals surface area (Å²) < 4.78 is 22.3. The third-order valence-corrected chi connectivity index (χ3v) is 3.71. The molecule has 0 heterocycles. The second-order valence-electron chi connectivity index (χ2n) is 3.90. The molecule has 0 fully saturated rings. The fourth-order valence-electron chi connectivity index (χ4n) is 2.01. The van der Waals surface area contributed by atoms with E-state index >= 15 is 0 Å². The van der Waals surface area contributed by atoms with E-state index in [4.69, 9.17) is 10.9 Å². The molecule has 1 aliphatic carbocycles. The zero-order valence-corrected chi connectivity index (χ0v) is 9.13. The lowest BCUT2D eigenvalue weighted by atomic mass is 9.88. The quantitative estimate of drug-likeness (QED) is 0.738. The van der Waals surface area contributed by atoms with Crippen LogP contribution in [0.25, 0.3) is 0 Å². The highest BCUT2D eigenvalue weighted by Gasteiger charge is 2.18. The van der Waals surface area contributed by atoms with Crippen LogP contribution in [-0.4, -0.2) is 8.42 Å². The van der Waals surface area contributed by atoms with Gasteiger partial charge in [0.15, 0.2) is 0 Å². The predicted molar refractivity (Wildman–Crippen MR) is 57.7 cm³/mol. The van der Waals surface area contributed by atoms with Crippen molar-refractivity contribution >= 4 is 10.0 Å². The topological polar surface area (TPSA) is 86.2 Å². The summed E-state index contributed by atoms with van der Waals surface area (Å²) in [6, 6.07) is 4.98. The molecule has 0 saturated carbocycles. The monoisotopic (exact) mass is 226 g/mol. The highest BCUT2D eigenvalue weighted by atomic mass is 32.2. The lowest BCUT2D eigenvalue weighted by molar-refractivity contribution is 0.567. The molecule has 0 aliphatic heterocycles. The number of fused-ring (bicyclic) bond motifs is 1. The van der Waals surface area contributed by atoms with Crippen LogP contribution in [0.5, 0.6) is 0 Å². The molecule has 0 aromatic heterocycles. The molecule has 0 bridgehead atoms. The van der Waals surface area contributed by atoms with Crippen molar-refractivity contribution in [2.75, 3.05) is 0 Å². The van der Waals surface area contributed by atoms with Gasteiger partial charge in [0.2, 0.25) is 10.0 Å². The van der Waals surface area contributed by atoms with E-state index in [9.17, 15) is 8.42 Å². The minimum absolute atomic E-state index is 0.0308. The number of primary sulfonamides is 1. The van der Waals surface area contributed by atoms with Crippen LogP contribution in [-0.2, 0) is 16.4 Å². The highest BCUT2D eigenvalue weighted by Crippen LogP contribution is 2.29. The number of aryl methyl sites for hydroxylation is 1. The third-order valence-electron chi connectivity index (χ3n) is 2.80. The van der Waals surface area contributed by atoms with Gasteiger partial charge in [-0.2, -0.15) is 0 Å². The van der Waals surface area contributed by atoms with Crippen molar-refractivity contribution in [1.82, 2.24) is 0 Å². The summed E-state index contributed by atoms with van der Waals surface area (Å²) in [5.74, 6) is 0. The van der Waals surface area contributed by atoms with Crippen LogP contribution in [0.4, 0.5) is 0 Å². The summed E-state index contributed by atoms with van der Waals surface area (Å²) in [4.78, 5) is 0.176. The third kappa shape index (κ3) is 2.04. The van der Waals surface area contributed by atoms with Gasteiger partial charge in [-0.3, -0.25) is 0 Å². The molecule has 0 spiro atoms. The minimum atomic E-state index is -3.59. The Bertz CT molecular complexity index is 482. The SMILES string of the molecule is NC1CCCc2cc(S(N)(=O)=O)ccc21. The van der Waals surface area contributed by atoms with Gasteiger partial charge in [-0.1, -0.05) is 6.07 Å². The molecule has 1 unspecified atom stereocenters. The molecule has 82 valence electrons. The lowest BCUT2D eigenvalue weighted by Crippen LogP contribution is -2.19. The molecule has 0 radical (unpaired) electrons. The van der Waals surface area contributed by atoms with Crippen molar-refractivity contribution in [2.24, 2.45) is 10.9 Å². The fourth-order valence-corrected chi connectivity index (χ4v) is 2.57. The van der Waals surface area contributed by atoms with Gasteiger partial charge in [0.1, 0.15) is 0 Å². The molecule has 0 amide bonds. The van der Waals surface area contributed by atoms with Gasteiger partial charge in [-0.05, 0) is 42.5 Å². The van der Waals surface area contributed by atoms with E-state index in [0.29, 0.717) is 0 Å². The maximum atomic E-state index is 11.1. The zero-order valence-electron chi connectivity index (χ0n) is 8.31. The Balaban J connectivity index is 2.51. The van der Waals surface area contributed by atoms with Gasteiger partial charge in [-0.15, -0.1) is 0 Å². The van der Waals surface area contributed by atoms with Crippen LogP contribution in [0.15, 0.2) is 23.1 Å². The van der Waals surface area contributed by atoms with Gasteiger partial charge < -0.3 is 5.73 Å². The molecule has 4 N–H and O–H groups in total. The van der Waals surface area contributed by atoms with Crippen molar-refractivity contribution in [1.29, 1.82) is 0 Å². The van der Waals surface area contributed by atoms with Crippen molar-refractivity contribution in [3.63, 3.8) is 0 Å². The Hall–Kier alpha value is -0.910. The number of nitrogens with two attached hydrogens (primary N) is 2. The molecule has 15 heavy (non-hydrogen) atoms. The van der Waals surface area contributed by atoms with Crippen molar-refractivity contribution in [2.45, 2.75) is 30.2 Å². The van der Waals surface area contributed by atoms with E-state index in [-0.39, 0.29) is 10.9 Å². The second-order valence-corrected chi connectivity index (χ2v) is 5.47. The van der Waals surface area contributed by atoms with Gasteiger partial charge in [0, 0.05) is 6.04 Å². The van der Waals surface area contributed by atoms with Crippen LogP contribution in [0.1, 0.15) is 30.0 Å². The molecule has 5 heteroatoms. The summed E-state index contributed by atoms with van der Waals surface area (Å²) in [6.07, 6.45) is 2.84. The molecule has 1 aromatic carbocycles. The zero-order chi connectivity index (χ0) is 11.1. The normalized spacial score (nSPS) is 21.1. The Kier molecular flexibility index (Phi) is 2.54. The Morgan fingerprint density at radius 1 is 1.33 bits per heavy atom. The fraction of sp³-hybridized carbons (Fsp3) is 0.400. The van der Waals surface area contributed by atoms with E-state index in [1.165, 1.54) is 6.07 Å². The van der Waals surface area contributed by atoms with Gasteiger partial charge in [-0.25, -0.2) is 13.6 Å². The highest BCUT2D eigenvalue weighted by molar-refractivity contribution is 7.89. The average Bonchev–Trinajstić information content (AvgIpc) is 2.16. The van der Waals surface area contributed by atoms with Crippen LogP contribution >= 0.6 is 0 Å². The molecule has 0 saturated heterocycles. The number of benzene rings is 1. The first-order valence-corrected chi connectivity index (χ1v) is 6.44. The van der Waals surface area contributed by atoms with Gasteiger partial charge in [0.25, 0.3) is 0 Å². The van der Waals surface area contributed by atoms with Crippen LogP contribution < -0.4 is 10.9 Å². The van der Waals surface area contributed by atoms with Gasteiger partial charge in [0.05, 0.1) is 4.90 Å². The summed E-state index contributed by atoms with van der Waals surface area (Å²) in [7, 11) is -3.59. The van der Waals surface area contributed by atoms with E-state index in [1.54, 1.807) is 12.1 Å². The number of hydrogen-bond acceptors (Lipinski definition) is 3. The van der Waals surface area contributed by atoms with E-state index < -0.39 is 10.0 Å². The average molecular weight is 226 g/mol. The number of rotatable bonds is 1. The molecule has 1 atom stereocenters. The summed E-state index contributed by atoms with van der Waals surface area (Å²) in [6.45, 7) is 0. The van der Waals surface area contributed by atoms with E-state index in [1.807, 2.05) is 0 Å². The first-order valence-electron chi connectivity index (χ1n) is 4.90. The smallest absolute Gasteiger partial charge is 0.238 e. The van der Waals surface area contributed by atoms with Crippen LogP contribution in [0, 0.1) is 0 Å². The maximum Gasteiger partial charge on any atom is 0.238 e. The Morgan fingerprint density at radius 3 is 2.73 bits per heavy atom. The molecule has 1 aliphatic rings. The lowest BCUT2D eigenvalue weighted by Gasteiger charge is -2.22. The second kappa shape index (κ2) is 3.59. The minimum Gasteiger partial charge on any atom is -0.324 e. The summed E-state index contributed by atoms with van der Waals surface area (Å²) in [5, 5.41) is 5.07. The predicted octanol–water partition coefficient (Wildman–Crippen LogP) is 0.670. The summed E-state index contributed by atoms with van der Waals surface area (Å²) >= 11 is 0. The first-order chi connectivity index (χ1) is 6.98. The Labute approximate surface area is 89.3 Å². The van der Waals surface area contributed by atoms with E-state index in [0.717, 1.165) is 30.4 Å². The van der Waals surface area contributed by atoms with Crippen molar-refractivity contribution in [3.05, 3.63) is 29.3 Å². The van der Waals surface area contributed by atoms with Crippen LogP contribution in [0.3, 0.4) is 0 Å². The van der Waals surface area contributed by atoms with E-state index in [2.05, 4.69) is 0 Å². The maximum absolute atomic E-state index is 11.1. The molecule has 4 nitrogen and oxygen atoms in total. The summed E-state index contributed by atoms with van der Waals surface area (Å²) in [5.41, 5.74) is 7.99. The molecular weight excluding hydrogens is 212 g/mol. The standard InChI is InChI=1S/C10H14N2O2S/c11-10-3-1-2-7-6-8(15(12,13)14)4-5-9(7)10/h4-6,10H,1-3,11H2,(H2,12,13,14). The molecule has 2 rings (SSSR count). The number of sulfonamides is 1. The van der Waals surface area contributed by atoms with Crippen molar-refractivity contribution in [3.8, 4) is 0 Å². The first kappa shape index (κ1) is 10.6. The Morgan fingerprint density at radius 2 is 2.07 bits per heavy atom. The van der Waals surface area contributed by atoms with Crippen molar-refractivity contribution < 1.29 is 8.42 Å². The molecular formula is C10H14N2O2S.